The maximum absolute atomic E-state index is 11.0. The number of carbonyl (C=O) groups excluding carboxylic acids is 1. The lowest BCUT2D eigenvalue weighted by Crippen LogP contribution is -2.10. The Morgan fingerprint density at radius 3 is 2.72 bits per heavy atom. The maximum Gasteiger partial charge on any atom is 0.218 e. The molecule has 0 bridgehead atoms. The van der Waals surface area contributed by atoms with Crippen LogP contribution in [0.5, 0.6) is 5.75 Å². The number of primary amides is 1. The van der Waals surface area contributed by atoms with Crippen LogP contribution in [0.15, 0.2) is 35.6 Å². The first-order valence-corrected chi connectivity index (χ1v) is 9.78. The van der Waals surface area contributed by atoms with Gasteiger partial charge in [0.25, 0.3) is 0 Å². The first kappa shape index (κ1) is 17.7. The SMILES string of the molecule is CCOc1ccc(-c2c(C)sc3ncnc(SCCC(N)=O)c23)cc1. The van der Waals surface area contributed by atoms with E-state index in [4.69, 9.17) is 10.5 Å². The Labute approximate surface area is 154 Å². The van der Waals surface area contributed by atoms with Crippen LogP contribution in [0.3, 0.4) is 0 Å². The molecule has 0 saturated heterocycles. The van der Waals surface area contributed by atoms with E-state index in [2.05, 4.69) is 29.0 Å². The summed E-state index contributed by atoms with van der Waals surface area (Å²) in [5.74, 6) is 1.17. The predicted molar refractivity (Wildman–Crippen MR) is 103 cm³/mol. The summed E-state index contributed by atoms with van der Waals surface area (Å²) in [5.41, 5.74) is 7.49. The van der Waals surface area contributed by atoms with Crippen LogP contribution < -0.4 is 10.5 Å². The minimum absolute atomic E-state index is 0.300. The molecule has 0 saturated carbocycles. The fourth-order valence-corrected chi connectivity index (χ4v) is 4.65. The summed E-state index contributed by atoms with van der Waals surface area (Å²) in [4.78, 5) is 22.0. The summed E-state index contributed by atoms with van der Waals surface area (Å²) in [5, 5.41) is 1.93. The molecule has 2 heterocycles. The molecule has 0 spiro atoms. The van der Waals surface area contributed by atoms with E-state index >= 15 is 0 Å². The van der Waals surface area contributed by atoms with E-state index in [0.29, 0.717) is 18.8 Å². The number of benzene rings is 1. The van der Waals surface area contributed by atoms with Crippen molar-refractivity contribution in [3.05, 3.63) is 35.5 Å². The molecule has 2 N–H and O–H groups in total. The van der Waals surface area contributed by atoms with Gasteiger partial charge in [-0.1, -0.05) is 12.1 Å². The molecule has 5 nitrogen and oxygen atoms in total. The molecule has 3 aromatic rings. The third-order valence-electron chi connectivity index (χ3n) is 3.67. The molecule has 130 valence electrons. The van der Waals surface area contributed by atoms with Gasteiger partial charge >= 0.3 is 0 Å². The number of aryl methyl sites for hydroxylation is 1. The third-order valence-corrected chi connectivity index (χ3v) is 5.68. The highest BCUT2D eigenvalue weighted by Gasteiger charge is 2.17. The van der Waals surface area contributed by atoms with Crippen molar-refractivity contribution >= 4 is 39.2 Å². The van der Waals surface area contributed by atoms with E-state index in [1.165, 1.54) is 4.88 Å². The van der Waals surface area contributed by atoms with Gasteiger partial charge < -0.3 is 10.5 Å². The number of nitrogens with zero attached hydrogens (tertiary/aromatic N) is 2. The van der Waals surface area contributed by atoms with Crippen molar-refractivity contribution in [3.63, 3.8) is 0 Å². The van der Waals surface area contributed by atoms with Crippen molar-refractivity contribution in [2.75, 3.05) is 12.4 Å². The number of amides is 1. The van der Waals surface area contributed by atoms with Crippen LogP contribution in [0.1, 0.15) is 18.2 Å². The number of nitrogens with two attached hydrogens (primary N) is 1. The molecule has 0 aliphatic heterocycles. The van der Waals surface area contributed by atoms with Gasteiger partial charge in [-0.2, -0.15) is 0 Å². The molecule has 0 fully saturated rings. The highest BCUT2D eigenvalue weighted by molar-refractivity contribution is 7.99. The largest absolute Gasteiger partial charge is 0.494 e. The van der Waals surface area contributed by atoms with Crippen molar-refractivity contribution in [3.8, 4) is 16.9 Å². The number of hydrogen-bond acceptors (Lipinski definition) is 6. The fraction of sp³-hybridized carbons (Fsp3) is 0.278. The van der Waals surface area contributed by atoms with E-state index in [-0.39, 0.29) is 5.91 Å². The molecule has 0 unspecified atom stereocenters. The van der Waals surface area contributed by atoms with Crippen LogP contribution in [0.4, 0.5) is 0 Å². The van der Waals surface area contributed by atoms with Gasteiger partial charge in [-0.05, 0) is 31.5 Å². The number of hydrogen-bond donors (Lipinski definition) is 1. The third kappa shape index (κ3) is 3.93. The number of fused-ring (bicyclic) bond motifs is 1. The number of carbonyl (C=O) groups is 1. The van der Waals surface area contributed by atoms with Gasteiger partial charge in [0, 0.05) is 22.6 Å². The standard InChI is InChI=1S/C18H19N3O2S2/c1-3-23-13-6-4-12(5-7-13)15-11(2)25-18-16(15)17(20-10-21-18)24-9-8-14(19)22/h4-7,10H,3,8-9H2,1-2H3,(H2,19,22). The normalized spacial score (nSPS) is 11.0. The summed E-state index contributed by atoms with van der Waals surface area (Å²) >= 11 is 3.20. The number of ether oxygens (including phenoxy) is 1. The Balaban J connectivity index is 2.01. The Morgan fingerprint density at radius 1 is 1.28 bits per heavy atom. The maximum atomic E-state index is 11.0. The Hall–Kier alpha value is -2.12. The number of thioether (sulfide) groups is 1. The van der Waals surface area contributed by atoms with Crippen LogP contribution in [0.2, 0.25) is 0 Å². The smallest absolute Gasteiger partial charge is 0.218 e. The Kier molecular flexibility index (Phi) is 5.55. The highest BCUT2D eigenvalue weighted by Crippen LogP contribution is 2.41. The molecule has 2 aromatic heterocycles. The lowest BCUT2D eigenvalue weighted by molar-refractivity contribution is -0.117. The van der Waals surface area contributed by atoms with Gasteiger partial charge in [0.15, 0.2) is 0 Å². The van der Waals surface area contributed by atoms with Gasteiger partial charge in [-0.25, -0.2) is 9.97 Å². The average molecular weight is 374 g/mol. The number of thiophene rings is 1. The number of aromatic nitrogens is 2. The lowest BCUT2D eigenvalue weighted by atomic mass is 10.0. The van der Waals surface area contributed by atoms with Crippen LogP contribution in [0.25, 0.3) is 21.3 Å². The van der Waals surface area contributed by atoms with E-state index in [0.717, 1.165) is 32.1 Å². The van der Waals surface area contributed by atoms with E-state index in [1.54, 1.807) is 29.4 Å². The second-order valence-corrected chi connectivity index (χ2v) is 7.70. The fourth-order valence-electron chi connectivity index (χ4n) is 2.61. The van der Waals surface area contributed by atoms with Gasteiger partial charge in [-0.3, -0.25) is 4.79 Å². The summed E-state index contributed by atoms with van der Waals surface area (Å²) in [7, 11) is 0. The molecule has 0 atom stereocenters. The molecule has 7 heteroatoms. The van der Waals surface area contributed by atoms with Gasteiger partial charge in [-0.15, -0.1) is 23.1 Å². The van der Waals surface area contributed by atoms with E-state index < -0.39 is 0 Å². The summed E-state index contributed by atoms with van der Waals surface area (Å²) < 4.78 is 5.53. The van der Waals surface area contributed by atoms with Crippen LogP contribution in [-0.2, 0) is 4.79 Å². The van der Waals surface area contributed by atoms with E-state index in [1.807, 2.05) is 19.1 Å². The molecule has 25 heavy (non-hydrogen) atoms. The minimum Gasteiger partial charge on any atom is -0.494 e. The molecular weight excluding hydrogens is 354 g/mol. The molecule has 1 amide bonds. The molecular formula is C18H19N3O2S2. The van der Waals surface area contributed by atoms with Crippen LogP contribution in [0, 0.1) is 6.92 Å². The van der Waals surface area contributed by atoms with Crippen LogP contribution >= 0.6 is 23.1 Å². The topological polar surface area (TPSA) is 78.1 Å². The zero-order valence-electron chi connectivity index (χ0n) is 14.1. The van der Waals surface area contributed by atoms with Crippen molar-refractivity contribution in [2.24, 2.45) is 5.73 Å². The molecule has 3 rings (SSSR count). The molecule has 0 aliphatic carbocycles. The molecule has 1 aromatic carbocycles. The van der Waals surface area contributed by atoms with Crippen molar-refractivity contribution in [2.45, 2.75) is 25.3 Å². The lowest BCUT2D eigenvalue weighted by Gasteiger charge is -2.07. The van der Waals surface area contributed by atoms with Crippen molar-refractivity contribution < 1.29 is 9.53 Å². The molecule has 0 radical (unpaired) electrons. The van der Waals surface area contributed by atoms with Gasteiger partial charge in [0.05, 0.1) is 12.0 Å². The minimum atomic E-state index is -0.300. The number of rotatable bonds is 7. The van der Waals surface area contributed by atoms with Crippen LogP contribution in [-0.4, -0.2) is 28.2 Å². The van der Waals surface area contributed by atoms with Crippen molar-refractivity contribution in [1.82, 2.24) is 9.97 Å². The Bertz CT molecular complexity index is 891. The second-order valence-electron chi connectivity index (χ2n) is 5.41. The van der Waals surface area contributed by atoms with Gasteiger partial charge in [0.2, 0.25) is 5.91 Å². The zero-order chi connectivity index (χ0) is 17.8. The summed E-state index contributed by atoms with van der Waals surface area (Å²) in [6, 6.07) is 8.08. The highest BCUT2D eigenvalue weighted by atomic mass is 32.2. The Morgan fingerprint density at radius 2 is 2.04 bits per heavy atom. The zero-order valence-corrected chi connectivity index (χ0v) is 15.7. The van der Waals surface area contributed by atoms with Gasteiger partial charge in [0.1, 0.15) is 21.9 Å². The quantitative estimate of drug-likeness (QED) is 0.500. The molecule has 0 aliphatic rings. The average Bonchev–Trinajstić information content (AvgIpc) is 2.92. The monoisotopic (exact) mass is 373 g/mol. The van der Waals surface area contributed by atoms with Crippen molar-refractivity contribution in [1.29, 1.82) is 0 Å². The first-order chi connectivity index (χ1) is 12.1. The summed E-state index contributed by atoms with van der Waals surface area (Å²) in [6.45, 7) is 4.71. The predicted octanol–water partition coefficient (Wildman–Crippen LogP) is 4.03. The summed E-state index contributed by atoms with van der Waals surface area (Å²) in [6.07, 6.45) is 1.91. The van der Waals surface area contributed by atoms with E-state index in [9.17, 15) is 4.79 Å². The first-order valence-electron chi connectivity index (χ1n) is 7.98. The second kappa shape index (κ2) is 7.84.